The van der Waals surface area contributed by atoms with Gasteiger partial charge in [0, 0.05) is 28.2 Å². The quantitative estimate of drug-likeness (QED) is 0.586. The second-order valence-electron chi connectivity index (χ2n) is 5.07. The zero-order valence-electron chi connectivity index (χ0n) is 11.7. The zero-order valence-corrected chi connectivity index (χ0v) is 11.7. The molecule has 1 aliphatic heterocycles. The van der Waals surface area contributed by atoms with Crippen molar-refractivity contribution in [3.05, 3.63) is 71.9 Å². The number of urea groups is 1. The van der Waals surface area contributed by atoms with Crippen molar-refractivity contribution < 1.29 is 4.79 Å². The average molecular weight is 290 g/mol. The van der Waals surface area contributed by atoms with Crippen molar-refractivity contribution in [2.45, 2.75) is 0 Å². The van der Waals surface area contributed by atoms with Gasteiger partial charge in [-0.2, -0.15) is 0 Å². The van der Waals surface area contributed by atoms with Gasteiger partial charge in [0.15, 0.2) is 0 Å². The van der Waals surface area contributed by atoms with E-state index in [-0.39, 0.29) is 6.03 Å². The number of hydrazine groups is 1. The van der Waals surface area contributed by atoms with Gasteiger partial charge in [-0.25, -0.2) is 4.79 Å². The number of carbonyl (C=O) groups is 1. The second-order valence-corrected chi connectivity index (χ2v) is 5.07. The molecule has 0 saturated carbocycles. The molecule has 4 rings (SSSR count). The Bertz CT molecular complexity index is 880. The van der Waals surface area contributed by atoms with Crippen molar-refractivity contribution in [1.29, 1.82) is 0 Å². The van der Waals surface area contributed by atoms with Gasteiger partial charge in [0.05, 0.1) is 11.4 Å². The number of fused-ring (bicyclic) bond motifs is 1. The van der Waals surface area contributed by atoms with Gasteiger partial charge in [-0.1, -0.05) is 48.5 Å². The summed E-state index contributed by atoms with van der Waals surface area (Å²) < 4.78 is 0. The van der Waals surface area contributed by atoms with Crippen molar-refractivity contribution >= 4 is 28.3 Å². The zero-order chi connectivity index (χ0) is 14.9. The molecular formula is C17H14N4O. The molecule has 5 nitrogen and oxygen atoms in total. The summed E-state index contributed by atoms with van der Waals surface area (Å²) in [7, 11) is 0. The first-order chi connectivity index (χ1) is 10.8. The first-order valence-corrected chi connectivity index (χ1v) is 7.02. The molecule has 0 saturated heterocycles. The molecule has 0 atom stereocenters. The Morgan fingerprint density at radius 3 is 2.41 bits per heavy atom. The van der Waals surface area contributed by atoms with E-state index in [1.54, 1.807) is 0 Å². The third-order valence-corrected chi connectivity index (χ3v) is 3.71. The van der Waals surface area contributed by atoms with Gasteiger partial charge in [0.1, 0.15) is 0 Å². The predicted octanol–water partition coefficient (Wildman–Crippen LogP) is 2.81. The van der Waals surface area contributed by atoms with Crippen LogP contribution in [0.4, 0.5) is 4.79 Å². The van der Waals surface area contributed by atoms with Gasteiger partial charge in [-0.15, -0.1) is 0 Å². The van der Waals surface area contributed by atoms with Crippen LogP contribution in [0, 0.1) is 0 Å². The lowest BCUT2D eigenvalue weighted by molar-refractivity contribution is 0.241. The van der Waals surface area contributed by atoms with Crippen LogP contribution in [0.5, 0.6) is 0 Å². The molecule has 0 unspecified atom stereocenters. The monoisotopic (exact) mass is 290 g/mol. The molecule has 2 amide bonds. The predicted molar refractivity (Wildman–Crippen MR) is 86.4 cm³/mol. The summed E-state index contributed by atoms with van der Waals surface area (Å²) in [5.74, 6) is 0. The summed E-state index contributed by atoms with van der Waals surface area (Å²) in [5.41, 5.74) is 10.2. The van der Waals surface area contributed by atoms with Crippen molar-refractivity contribution in [2.75, 3.05) is 0 Å². The molecular weight excluding hydrogens is 276 g/mol. The maximum absolute atomic E-state index is 11.8. The highest BCUT2D eigenvalue weighted by Gasteiger charge is 2.21. The highest BCUT2D eigenvalue weighted by atomic mass is 16.2. The van der Waals surface area contributed by atoms with E-state index in [0.29, 0.717) is 0 Å². The minimum atomic E-state index is -0.278. The fraction of sp³-hybridized carbons (Fsp3) is 0. The molecule has 108 valence electrons. The highest BCUT2D eigenvalue weighted by molar-refractivity contribution is 6.05. The van der Waals surface area contributed by atoms with Gasteiger partial charge in [-0.05, 0) is 6.07 Å². The number of H-pyrrole nitrogens is 1. The van der Waals surface area contributed by atoms with Crippen molar-refractivity contribution in [3.63, 3.8) is 0 Å². The Hall–Kier alpha value is -3.21. The number of para-hydroxylation sites is 1. The van der Waals surface area contributed by atoms with Crippen molar-refractivity contribution in [1.82, 2.24) is 21.2 Å². The standard InChI is InChI=1S/C17H14N4O/c22-17-19-16(13-10-18-14-9-5-4-8-12(13)14)15(20-21-17)11-6-2-1-3-7-11/h1-10,18,20H,(H2,19,21,22). The van der Waals surface area contributed by atoms with Crippen LogP contribution in [0.2, 0.25) is 0 Å². The number of hydrogen-bond acceptors (Lipinski definition) is 2. The fourth-order valence-corrected chi connectivity index (χ4v) is 2.69. The summed E-state index contributed by atoms with van der Waals surface area (Å²) in [6, 6.07) is 17.6. The molecule has 5 heteroatoms. The first-order valence-electron chi connectivity index (χ1n) is 7.02. The van der Waals surface area contributed by atoms with E-state index in [1.807, 2.05) is 60.8 Å². The van der Waals surface area contributed by atoms with E-state index in [0.717, 1.165) is 33.4 Å². The van der Waals surface area contributed by atoms with E-state index < -0.39 is 0 Å². The van der Waals surface area contributed by atoms with Gasteiger partial charge >= 0.3 is 6.03 Å². The maximum atomic E-state index is 11.8. The number of hydrogen-bond donors (Lipinski definition) is 4. The molecule has 0 bridgehead atoms. The van der Waals surface area contributed by atoms with Gasteiger partial charge in [-0.3, -0.25) is 10.9 Å². The number of benzene rings is 2. The molecule has 1 aliphatic rings. The lowest BCUT2D eigenvalue weighted by atomic mass is 10.0. The Morgan fingerprint density at radius 2 is 1.55 bits per heavy atom. The number of aromatic amines is 1. The fourth-order valence-electron chi connectivity index (χ4n) is 2.69. The smallest absolute Gasteiger partial charge is 0.337 e. The molecule has 3 aromatic rings. The lowest BCUT2D eigenvalue weighted by Crippen LogP contribution is -2.48. The Labute approximate surface area is 127 Å². The van der Waals surface area contributed by atoms with Gasteiger partial charge in [0.25, 0.3) is 0 Å². The Balaban J connectivity index is 1.95. The van der Waals surface area contributed by atoms with Crippen LogP contribution in [0.25, 0.3) is 22.3 Å². The SMILES string of the molecule is O=C1NNC(c2ccccc2)=C(c2c[nH]c3ccccc23)N1. The second kappa shape index (κ2) is 4.96. The van der Waals surface area contributed by atoms with Crippen LogP contribution < -0.4 is 16.2 Å². The molecule has 0 fully saturated rings. The minimum Gasteiger partial charge on any atom is -0.360 e. The third-order valence-electron chi connectivity index (χ3n) is 3.71. The number of aromatic nitrogens is 1. The van der Waals surface area contributed by atoms with Crippen molar-refractivity contribution in [2.24, 2.45) is 0 Å². The lowest BCUT2D eigenvalue weighted by Gasteiger charge is -2.23. The number of amides is 2. The first kappa shape index (κ1) is 12.5. The molecule has 2 aromatic carbocycles. The largest absolute Gasteiger partial charge is 0.360 e. The molecule has 4 N–H and O–H groups in total. The molecule has 0 aliphatic carbocycles. The van der Waals surface area contributed by atoms with Crippen LogP contribution in [0.15, 0.2) is 60.8 Å². The molecule has 22 heavy (non-hydrogen) atoms. The summed E-state index contributed by atoms with van der Waals surface area (Å²) in [4.78, 5) is 15.0. The summed E-state index contributed by atoms with van der Waals surface area (Å²) >= 11 is 0. The van der Waals surface area contributed by atoms with Crippen LogP contribution in [0.1, 0.15) is 11.1 Å². The van der Waals surface area contributed by atoms with E-state index >= 15 is 0 Å². The van der Waals surface area contributed by atoms with Crippen LogP contribution in [-0.4, -0.2) is 11.0 Å². The van der Waals surface area contributed by atoms with E-state index in [2.05, 4.69) is 21.2 Å². The Kier molecular flexibility index (Phi) is 2.83. The molecule has 1 aromatic heterocycles. The van der Waals surface area contributed by atoms with Crippen LogP contribution in [0.3, 0.4) is 0 Å². The van der Waals surface area contributed by atoms with Crippen LogP contribution in [-0.2, 0) is 0 Å². The van der Waals surface area contributed by atoms with Crippen LogP contribution >= 0.6 is 0 Å². The van der Waals surface area contributed by atoms with Gasteiger partial charge in [0.2, 0.25) is 0 Å². The molecule has 0 radical (unpaired) electrons. The van der Waals surface area contributed by atoms with E-state index in [4.69, 9.17) is 0 Å². The third kappa shape index (κ3) is 2.00. The number of nitrogens with one attached hydrogen (secondary N) is 4. The van der Waals surface area contributed by atoms with Crippen molar-refractivity contribution in [3.8, 4) is 0 Å². The average Bonchev–Trinajstić information content (AvgIpc) is 2.99. The summed E-state index contributed by atoms with van der Waals surface area (Å²) in [6.07, 6.45) is 1.91. The molecule has 0 spiro atoms. The maximum Gasteiger partial charge on any atom is 0.337 e. The minimum absolute atomic E-state index is 0.278. The van der Waals surface area contributed by atoms with E-state index in [9.17, 15) is 4.79 Å². The molecule has 2 heterocycles. The highest BCUT2D eigenvalue weighted by Crippen LogP contribution is 2.29. The number of carbonyl (C=O) groups excluding carboxylic acids is 1. The van der Waals surface area contributed by atoms with E-state index in [1.165, 1.54) is 0 Å². The van der Waals surface area contributed by atoms with Gasteiger partial charge < -0.3 is 10.3 Å². The summed E-state index contributed by atoms with van der Waals surface area (Å²) in [6.45, 7) is 0. The summed E-state index contributed by atoms with van der Waals surface area (Å²) in [5, 5.41) is 3.97. The Morgan fingerprint density at radius 1 is 0.773 bits per heavy atom. The normalized spacial score (nSPS) is 14.5. The topological polar surface area (TPSA) is 69.0 Å². The number of rotatable bonds is 2.